The second-order valence-electron chi connectivity index (χ2n) is 8.86. The number of hydrogen-bond acceptors (Lipinski definition) is 1. The zero-order valence-electron chi connectivity index (χ0n) is 18.4. The minimum Gasteiger partial charge on any atom is -0.247 e. The molecular weight excluding hydrogens is 407 g/mol. The molecule has 0 aliphatic heterocycles. The van der Waals surface area contributed by atoms with E-state index in [1.165, 1.54) is 18.6 Å². The van der Waals surface area contributed by atoms with Gasteiger partial charge in [0, 0.05) is 12.3 Å². The van der Waals surface area contributed by atoms with Crippen LogP contribution in [0.5, 0.6) is 0 Å². The fourth-order valence-corrected chi connectivity index (χ4v) is 4.93. The average molecular weight is 436 g/mol. The van der Waals surface area contributed by atoms with Crippen LogP contribution in [0.3, 0.4) is 0 Å². The molecule has 0 aromatic heterocycles. The first-order chi connectivity index (χ1) is 15.5. The van der Waals surface area contributed by atoms with Crippen LogP contribution >= 0.6 is 0 Å². The van der Waals surface area contributed by atoms with Crippen molar-refractivity contribution in [2.24, 2.45) is 5.92 Å². The maximum atomic E-state index is 15.3. The second kappa shape index (κ2) is 9.77. The summed E-state index contributed by atoms with van der Waals surface area (Å²) in [4.78, 5) is 0. The molecule has 0 saturated carbocycles. The number of benzene rings is 3. The Labute approximate surface area is 187 Å². The van der Waals surface area contributed by atoms with E-state index in [1.54, 1.807) is 12.1 Å². The summed E-state index contributed by atoms with van der Waals surface area (Å²) in [5.74, 6) is -1.13. The van der Waals surface area contributed by atoms with Crippen molar-refractivity contribution in [2.75, 3.05) is 0 Å². The van der Waals surface area contributed by atoms with E-state index < -0.39 is 24.1 Å². The normalized spacial score (nSPS) is 20.2. The summed E-state index contributed by atoms with van der Waals surface area (Å²) in [6.45, 7) is 2.16. The molecule has 0 saturated heterocycles. The largest absolute Gasteiger partial charge is 0.247 e. The predicted molar refractivity (Wildman–Crippen MR) is 123 cm³/mol. The van der Waals surface area contributed by atoms with E-state index in [4.69, 9.17) is 5.26 Å². The van der Waals surface area contributed by atoms with Gasteiger partial charge in [0.1, 0.15) is 24.2 Å². The fourth-order valence-electron chi connectivity index (χ4n) is 4.93. The van der Waals surface area contributed by atoms with E-state index in [1.807, 2.05) is 30.3 Å². The first-order valence-electron chi connectivity index (χ1n) is 11.6. The quantitative estimate of drug-likeness (QED) is 0.342. The molecule has 0 radical (unpaired) electrons. The lowest BCUT2D eigenvalue weighted by atomic mass is 9.77. The van der Waals surface area contributed by atoms with Crippen molar-refractivity contribution in [1.82, 2.24) is 0 Å². The van der Waals surface area contributed by atoms with Crippen molar-refractivity contribution in [3.8, 4) is 17.2 Å². The lowest BCUT2D eigenvalue weighted by Gasteiger charge is -2.32. The van der Waals surface area contributed by atoms with Gasteiger partial charge in [0.05, 0.1) is 5.56 Å². The third kappa shape index (κ3) is 4.39. The van der Waals surface area contributed by atoms with Crippen LogP contribution in [0.15, 0.2) is 48.5 Å². The van der Waals surface area contributed by atoms with Crippen molar-refractivity contribution < 1.29 is 13.2 Å². The van der Waals surface area contributed by atoms with Crippen LogP contribution < -0.4 is 0 Å². The summed E-state index contributed by atoms with van der Waals surface area (Å²) in [6, 6.07) is 15.7. The molecule has 0 N–H and O–H groups in total. The highest BCUT2D eigenvalue weighted by molar-refractivity contribution is 5.91. The van der Waals surface area contributed by atoms with E-state index >= 15 is 8.78 Å². The molecule has 4 heteroatoms. The van der Waals surface area contributed by atoms with Crippen molar-refractivity contribution in [3.05, 3.63) is 71.0 Å². The molecule has 3 atom stereocenters. The molecule has 0 amide bonds. The predicted octanol–water partition coefficient (Wildman–Crippen LogP) is 8.40. The number of unbranched alkanes of at least 4 members (excludes halogenated alkanes) is 4. The maximum absolute atomic E-state index is 15.3. The Morgan fingerprint density at radius 1 is 0.938 bits per heavy atom. The Bertz CT molecular complexity index is 1150. The number of fused-ring (bicyclic) bond motifs is 3. The minimum atomic E-state index is -1.28. The van der Waals surface area contributed by atoms with Gasteiger partial charge in [0.2, 0.25) is 0 Å². The highest BCUT2D eigenvalue weighted by Gasteiger charge is 2.37. The Morgan fingerprint density at radius 3 is 2.44 bits per heavy atom. The average Bonchev–Trinajstić information content (AvgIpc) is 2.80. The Morgan fingerprint density at radius 2 is 1.69 bits per heavy atom. The highest BCUT2D eigenvalue weighted by Crippen LogP contribution is 2.44. The molecule has 1 aliphatic rings. The van der Waals surface area contributed by atoms with E-state index in [-0.39, 0.29) is 12.0 Å². The van der Waals surface area contributed by atoms with Crippen LogP contribution in [0, 0.1) is 23.1 Å². The molecule has 3 aromatic rings. The van der Waals surface area contributed by atoms with E-state index in [0.717, 1.165) is 47.6 Å². The summed E-state index contributed by atoms with van der Waals surface area (Å²) in [5.41, 5.74) is 2.84. The molecule has 1 nitrogen and oxygen atoms in total. The van der Waals surface area contributed by atoms with Gasteiger partial charge in [-0.25, -0.2) is 13.2 Å². The summed E-state index contributed by atoms with van der Waals surface area (Å²) >= 11 is 0. The summed E-state index contributed by atoms with van der Waals surface area (Å²) in [7, 11) is 0. The molecule has 4 rings (SSSR count). The molecule has 1 aliphatic carbocycles. The zero-order chi connectivity index (χ0) is 22.7. The number of alkyl halides is 2. The number of nitrogens with zero attached hydrogens (tertiary/aromatic N) is 1. The maximum Gasteiger partial charge on any atom is 0.141 e. The van der Waals surface area contributed by atoms with Crippen molar-refractivity contribution >= 4 is 10.8 Å². The van der Waals surface area contributed by atoms with Gasteiger partial charge in [0.15, 0.2) is 0 Å². The summed E-state index contributed by atoms with van der Waals surface area (Å²) < 4.78 is 44.4. The van der Waals surface area contributed by atoms with Gasteiger partial charge in [0.25, 0.3) is 0 Å². The van der Waals surface area contributed by atoms with Crippen LogP contribution in [0.1, 0.15) is 68.3 Å². The van der Waals surface area contributed by atoms with Crippen molar-refractivity contribution in [3.63, 3.8) is 0 Å². The fraction of sp³-hybridized carbons (Fsp3) is 0.393. The number of hydrogen-bond donors (Lipinski definition) is 0. The third-order valence-corrected chi connectivity index (χ3v) is 6.77. The van der Waals surface area contributed by atoms with Crippen LogP contribution in [-0.2, 0) is 6.42 Å². The van der Waals surface area contributed by atoms with Crippen LogP contribution in [-0.4, -0.2) is 6.17 Å². The lowest BCUT2D eigenvalue weighted by Crippen LogP contribution is -2.29. The van der Waals surface area contributed by atoms with Gasteiger partial charge < -0.3 is 0 Å². The molecule has 166 valence electrons. The van der Waals surface area contributed by atoms with Crippen molar-refractivity contribution in [2.45, 2.75) is 64.2 Å². The number of rotatable bonds is 7. The SMILES string of the molecule is CCCCCCCC1C(F)Cc2c(ccc3cc(-c4ccc(C#N)c(F)c4)ccc23)C1F. The Balaban J connectivity index is 1.59. The first-order valence-corrected chi connectivity index (χ1v) is 11.6. The third-order valence-electron chi connectivity index (χ3n) is 6.77. The highest BCUT2D eigenvalue weighted by atomic mass is 19.1. The second-order valence-corrected chi connectivity index (χ2v) is 8.86. The monoisotopic (exact) mass is 435 g/mol. The summed E-state index contributed by atoms with van der Waals surface area (Å²) in [6.07, 6.45) is 3.73. The zero-order valence-corrected chi connectivity index (χ0v) is 18.4. The van der Waals surface area contributed by atoms with Gasteiger partial charge in [-0.1, -0.05) is 69.4 Å². The van der Waals surface area contributed by atoms with E-state index in [9.17, 15) is 4.39 Å². The first kappa shape index (κ1) is 22.4. The minimum absolute atomic E-state index is 0.00602. The Kier molecular flexibility index (Phi) is 6.84. The van der Waals surface area contributed by atoms with Crippen LogP contribution in [0.4, 0.5) is 13.2 Å². The molecule has 0 heterocycles. The van der Waals surface area contributed by atoms with Gasteiger partial charge in [-0.05, 0) is 57.6 Å². The molecule has 0 fully saturated rings. The molecule has 0 spiro atoms. The van der Waals surface area contributed by atoms with E-state index in [0.29, 0.717) is 17.5 Å². The number of halogens is 3. The molecule has 32 heavy (non-hydrogen) atoms. The Hall–Kier alpha value is -2.80. The van der Waals surface area contributed by atoms with Gasteiger partial charge >= 0.3 is 0 Å². The van der Waals surface area contributed by atoms with E-state index in [2.05, 4.69) is 6.92 Å². The van der Waals surface area contributed by atoms with Crippen LogP contribution in [0.2, 0.25) is 0 Å². The molecule has 0 bridgehead atoms. The number of nitriles is 1. The van der Waals surface area contributed by atoms with Crippen molar-refractivity contribution in [1.29, 1.82) is 5.26 Å². The smallest absolute Gasteiger partial charge is 0.141 e. The van der Waals surface area contributed by atoms with Crippen LogP contribution in [0.25, 0.3) is 21.9 Å². The molecule has 3 unspecified atom stereocenters. The molecule has 3 aromatic carbocycles. The topological polar surface area (TPSA) is 23.8 Å². The van der Waals surface area contributed by atoms with Gasteiger partial charge in [-0.3, -0.25) is 0 Å². The van der Waals surface area contributed by atoms with Gasteiger partial charge in [-0.15, -0.1) is 0 Å². The standard InChI is InChI=1S/C28H28F3N/c1-2-3-4-5-6-7-24-27(30)16-25-22-12-10-18(14-20(22)11-13-23(25)28(24)31)19-8-9-21(17-32)26(29)15-19/h8-15,24,27-28H,2-7,16H2,1H3. The summed E-state index contributed by atoms with van der Waals surface area (Å²) in [5, 5.41) is 10.7. The molecular formula is C28H28F3N. The van der Waals surface area contributed by atoms with Gasteiger partial charge in [-0.2, -0.15) is 5.26 Å². The lowest BCUT2D eigenvalue weighted by molar-refractivity contribution is 0.101.